The van der Waals surface area contributed by atoms with Gasteiger partial charge in [0, 0.05) is 7.11 Å². The van der Waals surface area contributed by atoms with Gasteiger partial charge in [0.25, 0.3) is 0 Å². The van der Waals surface area contributed by atoms with Gasteiger partial charge in [-0.1, -0.05) is 12.1 Å². The fourth-order valence-corrected chi connectivity index (χ4v) is 1.98. The second-order valence-electron chi connectivity index (χ2n) is 4.50. The van der Waals surface area contributed by atoms with Crippen LogP contribution in [0.25, 0.3) is 0 Å². The van der Waals surface area contributed by atoms with E-state index in [1.807, 2.05) is 19.1 Å². The molecule has 0 saturated carbocycles. The summed E-state index contributed by atoms with van der Waals surface area (Å²) < 4.78 is 16.0. The molecule has 2 amide bonds. The second-order valence-corrected chi connectivity index (χ2v) is 4.50. The van der Waals surface area contributed by atoms with E-state index in [2.05, 4.69) is 10.6 Å². The molecule has 0 aliphatic heterocycles. The van der Waals surface area contributed by atoms with Crippen LogP contribution in [0.2, 0.25) is 0 Å². The Morgan fingerprint density at radius 2 is 2.09 bits per heavy atom. The van der Waals surface area contributed by atoms with Gasteiger partial charge in [0.15, 0.2) is 0 Å². The van der Waals surface area contributed by atoms with Crippen molar-refractivity contribution < 1.29 is 18.7 Å². The number of benzene rings is 1. The lowest BCUT2D eigenvalue weighted by Gasteiger charge is -2.15. The summed E-state index contributed by atoms with van der Waals surface area (Å²) >= 11 is 0. The van der Waals surface area contributed by atoms with Crippen molar-refractivity contribution in [2.75, 3.05) is 25.6 Å². The van der Waals surface area contributed by atoms with Crippen LogP contribution in [-0.2, 0) is 4.74 Å². The largest absolute Gasteiger partial charge is 0.492 e. The molecular weight excluding hydrogens is 284 g/mol. The van der Waals surface area contributed by atoms with E-state index in [4.69, 9.17) is 13.9 Å². The summed E-state index contributed by atoms with van der Waals surface area (Å²) in [6.45, 7) is 2.72. The summed E-state index contributed by atoms with van der Waals surface area (Å²) in [5.41, 5.74) is 0.619. The minimum Gasteiger partial charge on any atom is -0.492 e. The van der Waals surface area contributed by atoms with E-state index in [0.717, 1.165) is 0 Å². The van der Waals surface area contributed by atoms with Gasteiger partial charge in [-0.15, -0.1) is 0 Å². The lowest BCUT2D eigenvalue weighted by atomic mass is 10.2. The normalized spacial score (nSPS) is 11.7. The third-order valence-corrected chi connectivity index (χ3v) is 3.03. The van der Waals surface area contributed by atoms with Gasteiger partial charge in [-0.05, 0) is 31.2 Å². The molecule has 6 nitrogen and oxygen atoms in total. The van der Waals surface area contributed by atoms with Crippen LogP contribution < -0.4 is 15.4 Å². The summed E-state index contributed by atoms with van der Waals surface area (Å²) in [5, 5.41) is 5.51. The van der Waals surface area contributed by atoms with Gasteiger partial charge < -0.3 is 24.5 Å². The Labute approximate surface area is 129 Å². The van der Waals surface area contributed by atoms with Gasteiger partial charge in [-0.25, -0.2) is 4.79 Å². The summed E-state index contributed by atoms with van der Waals surface area (Å²) in [4.78, 5) is 12.0. The van der Waals surface area contributed by atoms with Gasteiger partial charge in [-0.3, -0.25) is 0 Å². The van der Waals surface area contributed by atoms with Gasteiger partial charge in [0.1, 0.15) is 17.6 Å². The average Bonchev–Trinajstić information content (AvgIpc) is 3.04. The number of carbonyl (C=O) groups excluding carboxylic acids is 1. The highest BCUT2D eigenvalue weighted by Gasteiger charge is 2.15. The summed E-state index contributed by atoms with van der Waals surface area (Å²) in [7, 11) is 1.57. The van der Waals surface area contributed by atoms with Gasteiger partial charge in [0.05, 0.1) is 25.1 Å². The molecule has 0 bridgehead atoms. The highest BCUT2D eigenvalue weighted by Crippen LogP contribution is 2.23. The first-order valence-corrected chi connectivity index (χ1v) is 7.07. The first-order valence-electron chi connectivity index (χ1n) is 7.07. The molecule has 1 aromatic heterocycles. The van der Waals surface area contributed by atoms with Gasteiger partial charge in [0.2, 0.25) is 0 Å². The summed E-state index contributed by atoms with van der Waals surface area (Å²) in [5.74, 6) is 1.30. The molecule has 2 aromatic rings. The molecule has 0 aliphatic carbocycles. The van der Waals surface area contributed by atoms with E-state index in [1.165, 1.54) is 0 Å². The number of hydrogen-bond acceptors (Lipinski definition) is 4. The van der Waals surface area contributed by atoms with Crippen molar-refractivity contribution in [2.45, 2.75) is 13.0 Å². The van der Waals surface area contributed by atoms with Crippen molar-refractivity contribution in [3.8, 4) is 5.75 Å². The molecule has 0 saturated heterocycles. The molecule has 0 radical (unpaired) electrons. The van der Waals surface area contributed by atoms with Gasteiger partial charge >= 0.3 is 6.03 Å². The van der Waals surface area contributed by atoms with E-state index in [9.17, 15) is 4.79 Å². The van der Waals surface area contributed by atoms with Crippen LogP contribution in [0.1, 0.15) is 18.8 Å². The fourth-order valence-electron chi connectivity index (χ4n) is 1.98. The smallest absolute Gasteiger partial charge is 0.319 e. The van der Waals surface area contributed by atoms with E-state index < -0.39 is 0 Å². The molecular formula is C16H20N2O4. The molecule has 1 unspecified atom stereocenters. The van der Waals surface area contributed by atoms with Crippen LogP contribution in [0.15, 0.2) is 47.1 Å². The Bertz CT molecular complexity index is 584. The summed E-state index contributed by atoms with van der Waals surface area (Å²) in [6, 6.07) is 10.5. The Hall–Kier alpha value is -2.47. The Morgan fingerprint density at radius 3 is 2.77 bits per heavy atom. The van der Waals surface area contributed by atoms with Crippen molar-refractivity contribution in [3.05, 3.63) is 48.4 Å². The van der Waals surface area contributed by atoms with Crippen molar-refractivity contribution in [3.63, 3.8) is 0 Å². The Balaban J connectivity index is 1.90. The SMILES string of the molecule is CCOc1ccccc1NC(=O)NCC(OC)c1ccco1. The number of amides is 2. The zero-order chi connectivity index (χ0) is 15.8. The van der Waals surface area contributed by atoms with Crippen molar-refractivity contribution >= 4 is 11.7 Å². The number of nitrogens with one attached hydrogen (secondary N) is 2. The molecule has 1 heterocycles. The zero-order valence-electron chi connectivity index (χ0n) is 12.7. The molecule has 22 heavy (non-hydrogen) atoms. The first-order chi connectivity index (χ1) is 10.7. The average molecular weight is 304 g/mol. The number of urea groups is 1. The number of furan rings is 1. The fraction of sp³-hybridized carbons (Fsp3) is 0.312. The van der Waals surface area contributed by atoms with Crippen LogP contribution in [0, 0.1) is 0 Å². The number of rotatable bonds is 7. The van der Waals surface area contributed by atoms with Crippen LogP contribution >= 0.6 is 0 Å². The van der Waals surface area contributed by atoms with Crippen LogP contribution in [0.5, 0.6) is 5.75 Å². The number of anilines is 1. The van der Waals surface area contributed by atoms with Crippen molar-refractivity contribution in [1.29, 1.82) is 0 Å². The summed E-state index contributed by atoms with van der Waals surface area (Å²) in [6.07, 6.45) is 1.24. The number of carbonyl (C=O) groups is 1. The molecule has 118 valence electrons. The third kappa shape index (κ3) is 4.26. The lowest BCUT2D eigenvalue weighted by molar-refractivity contribution is 0.0855. The highest BCUT2D eigenvalue weighted by atomic mass is 16.5. The van der Waals surface area contributed by atoms with Crippen molar-refractivity contribution in [1.82, 2.24) is 5.32 Å². The second kappa shape index (κ2) is 8.09. The monoisotopic (exact) mass is 304 g/mol. The highest BCUT2D eigenvalue weighted by molar-refractivity contribution is 5.90. The molecule has 1 atom stereocenters. The Kier molecular flexibility index (Phi) is 5.85. The lowest BCUT2D eigenvalue weighted by Crippen LogP contribution is -2.33. The van der Waals surface area contributed by atoms with Crippen LogP contribution in [-0.4, -0.2) is 26.3 Å². The first kappa shape index (κ1) is 15.9. The van der Waals surface area contributed by atoms with E-state index in [-0.39, 0.29) is 12.1 Å². The van der Waals surface area contributed by atoms with E-state index >= 15 is 0 Å². The van der Waals surface area contributed by atoms with E-state index in [0.29, 0.717) is 30.3 Å². The number of methoxy groups -OCH3 is 1. The quantitative estimate of drug-likeness (QED) is 0.824. The molecule has 6 heteroatoms. The van der Waals surface area contributed by atoms with Crippen molar-refractivity contribution in [2.24, 2.45) is 0 Å². The van der Waals surface area contributed by atoms with Crippen LogP contribution in [0.3, 0.4) is 0 Å². The van der Waals surface area contributed by atoms with Gasteiger partial charge in [-0.2, -0.15) is 0 Å². The third-order valence-electron chi connectivity index (χ3n) is 3.03. The topological polar surface area (TPSA) is 72.7 Å². The number of ether oxygens (including phenoxy) is 2. The Morgan fingerprint density at radius 1 is 1.27 bits per heavy atom. The maximum absolute atomic E-state index is 12.0. The molecule has 0 aliphatic rings. The maximum atomic E-state index is 12.0. The zero-order valence-corrected chi connectivity index (χ0v) is 12.7. The molecule has 1 aromatic carbocycles. The predicted molar refractivity (Wildman–Crippen MR) is 83.1 cm³/mol. The molecule has 2 N–H and O–H groups in total. The minimum absolute atomic E-state index is 0.298. The van der Waals surface area contributed by atoms with Crippen LogP contribution in [0.4, 0.5) is 10.5 Å². The minimum atomic E-state index is -0.333. The maximum Gasteiger partial charge on any atom is 0.319 e. The standard InChI is InChI=1S/C16H20N2O4/c1-3-21-13-8-5-4-7-12(13)18-16(19)17-11-15(20-2)14-9-6-10-22-14/h4-10,15H,3,11H2,1-2H3,(H2,17,18,19). The molecule has 0 spiro atoms. The number of para-hydroxylation sites is 2. The number of hydrogen-bond donors (Lipinski definition) is 2. The van der Waals surface area contributed by atoms with E-state index in [1.54, 1.807) is 37.6 Å². The predicted octanol–water partition coefficient (Wildman–Crippen LogP) is 3.19. The molecule has 2 rings (SSSR count). The molecule has 0 fully saturated rings.